The second-order valence-electron chi connectivity index (χ2n) is 4.61. The number of rotatable bonds is 3. The van der Waals surface area contributed by atoms with Crippen molar-refractivity contribution in [3.05, 3.63) is 12.4 Å². The average molecular weight is 273 g/mol. The molecular formula is C11H19N3O3S. The van der Waals surface area contributed by atoms with Crippen molar-refractivity contribution in [1.82, 2.24) is 14.1 Å². The van der Waals surface area contributed by atoms with Gasteiger partial charge in [0.2, 0.25) is 10.0 Å². The summed E-state index contributed by atoms with van der Waals surface area (Å²) in [5, 5.41) is 4.01. The van der Waals surface area contributed by atoms with Gasteiger partial charge in [-0.05, 0) is 20.8 Å². The predicted molar refractivity (Wildman–Crippen MR) is 66.7 cm³/mol. The van der Waals surface area contributed by atoms with E-state index in [1.165, 1.54) is 10.5 Å². The summed E-state index contributed by atoms with van der Waals surface area (Å²) in [5.41, 5.74) is 0. The third-order valence-electron chi connectivity index (χ3n) is 2.96. The van der Waals surface area contributed by atoms with Crippen molar-refractivity contribution in [3.8, 4) is 0 Å². The van der Waals surface area contributed by atoms with Gasteiger partial charge in [-0.25, -0.2) is 8.42 Å². The molecule has 0 aromatic carbocycles. The number of aryl methyl sites for hydroxylation is 1. The van der Waals surface area contributed by atoms with Gasteiger partial charge in [-0.15, -0.1) is 0 Å². The summed E-state index contributed by atoms with van der Waals surface area (Å²) >= 11 is 0. The topological polar surface area (TPSA) is 64.4 Å². The van der Waals surface area contributed by atoms with Gasteiger partial charge in [-0.2, -0.15) is 9.40 Å². The van der Waals surface area contributed by atoms with Crippen molar-refractivity contribution < 1.29 is 13.2 Å². The van der Waals surface area contributed by atoms with Crippen molar-refractivity contribution in [2.24, 2.45) is 0 Å². The van der Waals surface area contributed by atoms with Gasteiger partial charge in [0.1, 0.15) is 4.90 Å². The molecule has 2 unspecified atom stereocenters. The van der Waals surface area contributed by atoms with Crippen LogP contribution in [0.25, 0.3) is 0 Å². The highest BCUT2D eigenvalue weighted by molar-refractivity contribution is 7.89. The minimum atomic E-state index is -3.45. The number of sulfonamides is 1. The zero-order chi connectivity index (χ0) is 13.3. The molecule has 1 aromatic rings. The quantitative estimate of drug-likeness (QED) is 0.813. The molecule has 0 bridgehead atoms. The van der Waals surface area contributed by atoms with E-state index in [1.807, 2.05) is 20.8 Å². The fourth-order valence-electron chi connectivity index (χ4n) is 2.13. The molecule has 0 aliphatic carbocycles. The molecule has 0 spiro atoms. The first-order valence-corrected chi connectivity index (χ1v) is 7.55. The van der Waals surface area contributed by atoms with Crippen molar-refractivity contribution in [3.63, 3.8) is 0 Å². The van der Waals surface area contributed by atoms with Crippen LogP contribution in [0.15, 0.2) is 17.3 Å². The van der Waals surface area contributed by atoms with Crippen LogP contribution in [-0.4, -0.2) is 47.8 Å². The van der Waals surface area contributed by atoms with E-state index in [0.29, 0.717) is 19.6 Å². The summed E-state index contributed by atoms with van der Waals surface area (Å²) in [6.45, 7) is 7.13. The van der Waals surface area contributed by atoms with E-state index >= 15 is 0 Å². The van der Waals surface area contributed by atoms with Crippen LogP contribution in [-0.2, 0) is 21.3 Å². The lowest BCUT2D eigenvalue weighted by atomic mass is 10.3. The monoisotopic (exact) mass is 273 g/mol. The Hall–Kier alpha value is -0.920. The van der Waals surface area contributed by atoms with E-state index in [0.717, 1.165) is 0 Å². The third-order valence-corrected chi connectivity index (χ3v) is 4.74. The molecule has 0 amide bonds. The van der Waals surface area contributed by atoms with Gasteiger partial charge < -0.3 is 4.74 Å². The summed E-state index contributed by atoms with van der Waals surface area (Å²) in [4.78, 5) is 0.255. The Morgan fingerprint density at radius 2 is 2.00 bits per heavy atom. The highest BCUT2D eigenvalue weighted by Gasteiger charge is 2.32. The molecule has 0 saturated carbocycles. The lowest BCUT2D eigenvalue weighted by Gasteiger charge is -2.34. The van der Waals surface area contributed by atoms with Crippen molar-refractivity contribution in [1.29, 1.82) is 0 Å². The molecule has 18 heavy (non-hydrogen) atoms. The average Bonchev–Trinajstić information content (AvgIpc) is 2.76. The van der Waals surface area contributed by atoms with Crippen LogP contribution in [0.1, 0.15) is 20.8 Å². The van der Waals surface area contributed by atoms with E-state index in [-0.39, 0.29) is 17.1 Å². The fourth-order valence-corrected chi connectivity index (χ4v) is 3.67. The molecule has 1 aliphatic heterocycles. The highest BCUT2D eigenvalue weighted by atomic mass is 32.2. The number of ether oxygens (including phenoxy) is 1. The van der Waals surface area contributed by atoms with Crippen LogP contribution in [0.4, 0.5) is 0 Å². The summed E-state index contributed by atoms with van der Waals surface area (Å²) in [6.07, 6.45) is 2.82. The zero-order valence-electron chi connectivity index (χ0n) is 10.9. The molecule has 7 heteroatoms. The molecule has 1 aliphatic rings. The zero-order valence-corrected chi connectivity index (χ0v) is 11.7. The summed E-state index contributed by atoms with van der Waals surface area (Å²) in [5.74, 6) is 0. The summed E-state index contributed by atoms with van der Waals surface area (Å²) in [7, 11) is -3.45. The Balaban J connectivity index is 2.25. The first-order valence-electron chi connectivity index (χ1n) is 6.11. The first-order chi connectivity index (χ1) is 8.43. The van der Waals surface area contributed by atoms with E-state index in [2.05, 4.69) is 5.10 Å². The molecule has 2 heterocycles. The number of hydrogen-bond donors (Lipinski definition) is 0. The van der Waals surface area contributed by atoms with E-state index in [1.54, 1.807) is 10.9 Å². The van der Waals surface area contributed by atoms with Crippen LogP contribution in [0.5, 0.6) is 0 Å². The smallest absolute Gasteiger partial charge is 0.246 e. The molecule has 0 radical (unpaired) electrons. The Morgan fingerprint density at radius 3 is 2.50 bits per heavy atom. The van der Waals surface area contributed by atoms with Crippen molar-refractivity contribution >= 4 is 10.0 Å². The van der Waals surface area contributed by atoms with Gasteiger partial charge in [0.05, 0.1) is 18.4 Å². The largest absolute Gasteiger partial charge is 0.373 e. The lowest BCUT2D eigenvalue weighted by Crippen LogP contribution is -2.48. The highest BCUT2D eigenvalue weighted by Crippen LogP contribution is 2.20. The maximum absolute atomic E-state index is 12.4. The Kier molecular flexibility index (Phi) is 3.74. The van der Waals surface area contributed by atoms with Crippen LogP contribution < -0.4 is 0 Å². The normalized spacial score (nSPS) is 26.4. The number of aromatic nitrogens is 2. The van der Waals surface area contributed by atoms with E-state index in [4.69, 9.17) is 4.74 Å². The van der Waals surface area contributed by atoms with Gasteiger partial charge >= 0.3 is 0 Å². The SMILES string of the molecule is CCn1cc(S(=O)(=O)N2CC(C)OC(C)C2)cn1. The molecule has 1 saturated heterocycles. The third kappa shape index (κ3) is 2.57. The van der Waals surface area contributed by atoms with Crippen LogP contribution in [0.3, 0.4) is 0 Å². The van der Waals surface area contributed by atoms with Crippen molar-refractivity contribution in [2.75, 3.05) is 13.1 Å². The maximum atomic E-state index is 12.4. The summed E-state index contributed by atoms with van der Waals surface area (Å²) in [6, 6.07) is 0. The summed E-state index contributed by atoms with van der Waals surface area (Å²) < 4.78 is 33.5. The minimum absolute atomic E-state index is 0.0789. The molecule has 2 atom stereocenters. The van der Waals surface area contributed by atoms with Crippen LogP contribution in [0.2, 0.25) is 0 Å². The molecule has 102 valence electrons. The Labute approximate surface area is 108 Å². The maximum Gasteiger partial charge on any atom is 0.246 e. The van der Waals surface area contributed by atoms with E-state index in [9.17, 15) is 8.42 Å². The van der Waals surface area contributed by atoms with Crippen LogP contribution >= 0.6 is 0 Å². The lowest BCUT2D eigenvalue weighted by molar-refractivity contribution is -0.0440. The van der Waals surface area contributed by atoms with Gasteiger partial charge in [0.25, 0.3) is 0 Å². The minimum Gasteiger partial charge on any atom is -0.373 e. The second kappa shape index (κ2) is 4.99. The van der Waals surface area contributed by atoms with Crippen molar-refractivity contribution in [2.45, 2.75) is 44.4 Å². The van der Waals surface area contributed by atoms with E-state index < -0.39 is 10.0 Å². The Bertz CT molecular complexity index is 501. The molecule has 2 rings (SSSR count). The molecular weight excluding hydrogens is 254 g/mol. The fraction of sp³-hybridized carbons (Fsp3) is 0.727. The molecule has 6 nitrogen and oxygen atoms in total. The van der Waals surface area contributed by atoms with Gasteiger partial charge in [-0.3, -0.25) is 4.68 Å². The Morgan fingerprint density at radius 1 is 1.39 bits per heavy atom. The van der Waals surface area contributed by atoms with Gasteiger partial charge in [0, 0.05) is 25.8 Å². The van der Waals surface area contributed by atoms with Crippen LogP contribution in [0, 0.1) is 0 Å². The predicted octanol–water partition coefficient (Wildman–Crippen LogP) is 0.701. The number of nitrogens with zero attached hydrogens (tertiary/aromatic N) is 3. The molecule has 1 fully saturated rings. The standard InChI is InChI=1S/C11H19N3O3S/c1-4-13-8-11(5-12-13)18(15,16)14-6-9(2)17-10(3)7-14/h5,8-10H,4,6-7H2,1-3H3. The molecule has 1 aromatic heterocycles. The second-order valence-corrected chi connectivity index (χ2v) is 6.55. The van der Waals surface area contributed by atoms with Gasteiger partial charge in [0.15, 0.2) is 0 Å². The number of morpholine rings is 1. The molecule has 0 N–H and O–H groups in total. The number of hydrogen-bond acceptors (Lipinski definition) is 4. The first kappa shape index (κ1) is 13.5. The van der Waals surface area contributed by atoms with Gasteiger partial charge in [-0.1, -0.05) is 0 Å².